The van der Waals surface area contributed by atoms with Gasteiger partial charge in [-0.15, -0.1) is 0 Å². The molecule has 0 aromatic heterocycles. The van der Waals surface area contributed by atoms with Gasteiger partial charge < -0.3 is 15.4 Å². The van der Waals surface area contributed by atoms with E-state index in [-0.39, 0.29) is 0 Å². The molecule has 1 fully saturated rings. The van der Waals surface area contributed by atoms with E-state index in [1.807, 2.05) is 12.1 Å². The number of methoxy groups -OCH3 is 1. The van der Waals surface area contributed by atoms with Crippen molar-refractivity contribution in [2.45, 2.75) is 19.3 Å². The van der Waals surface area contributed by atoms with Crippen LogP contribution in [0.2, 0.25) is 0 Å². The van der Waals surface area contributed by atoms with Gasteiger partial charge in [-0.05, 0) is 37.3 Å². The van der Waals surface area contributed by atoms with Gasteiger partial charge in [-0.3, -0.25) is 0 Å². The third-order valence-electron chi connectivity index (χ3n) is 3.92. The lowest BCUT2D eigenvalue weighted by Gasteiger charge is -2.33. The Hall–Kier alpha value is -1.11. The summed E-state index contributed by atoms with van der Waals surface area (Å²) in [6, 6.07) is 6.01. The predicted molar refractivity (Wildman–Crippen MR) is 87.5 cm³/mol. The normalized spacial score (nSPS) is 16.2. The molecule has 0 atom stereocenters. The van der Waals surface area contributed by atoms with Crippen molar-refractivity contribution >= 4 is 23.4 Å². The molecule has 6 heteroatoms. The van der Waals surface area contributed by atoms with Crippen LogP contribution in [0.25, 0.3) is 0 Å². The first-order chi connectivity index (χ1) is 10.2. The molecule has 2 rings (SSSR count). The largest absolute Gasteiger partial charge is 0.495 e. The first-order valence-corrected chi connectivity index (χ1v) is 8.16. The highest BCUT2D eigenvalue weighted by Crippen LogP contribution is 2.31. The zero-order chi connectivity index (χ0) is 15.1. The van der Waals surface area contributed by atoms with E-state index in [1.165, 1.54) is 44.1 Å². The molecule has 0 saturated carbocycles. The number of anilines is 2. The molecule has 1 aliphatic rings. The van der Waals surface area contributed by atoms with Crippen molar-refractivity contribution in [3.05, 3.63) is 18.2 Å². The number of ether oxygens (including phenoxy) is 1. The van der Waals surface area contributed by atoms with Crippen molar-refractivity contribution in [2.75, 3.05) is 43.7 Å². The van der Waals surface area contributed by atoms with Crippen molar-refractivity contribution in [1.82, 2.24) is 0 Å². The second-order valence-corrected chi connectivity index (χ2v) is 5.98. The van der Waals surface area contributed by atoms with E-state index in [1.54, 1.807) is 7.11 Å². The van der Waals surface area contributed by atoms with Gasteiger partial charge in [0.2, 0.25) is 0 Å². The standard InChI is InChI=1S/C15H24N2O3S/c1-18-15-11-13(3-4-14(15)16)17-8-5-12(6-9-17)7-10-21-20-19-2/h3-4,11-12H,5-10,16H2,1-2H3. The Bertz CT molecular complexity index is 437. The van der Waals surface area contributed by atoms with E-state index in [4.69, 9.17) is 14.8 Å². The van der Waals surface area contributed by atoms with Crippen LogP contribution in [0.15, 0.2) is 18.2 Å². The van der Waals surface area contributed by atoms with Crippen molar-refractivity contribution < 1.29 is 14.0 Å². The van der Waals surface area contributed by atoms with Crippen LogP contribution in [0.3, 0.4) is 0 Å². The molecule has 2 N–H and O–H groups in total. The topological polar surface area (TPSA) is 57.0 Å². The molecule has 1 aliphatic heterocycles. The minimum Gasteiger partial charge on any atom is -0.495 e. The molecule has 0 amide bonds. The number of nitrogens with two attached hydrogens (primary N) is 1. The van der Waals surface area contributed by atoms with Gasteiger partial charge in [0.05, 0.1) is 19.9 Å². The summed E-state index contributed by atoms with van der Waals surface area (Å²) in [5.74, 6) is 2.50. The molecule has 1 heterocycles. The van der Waals surface area contributed by atoms with E-state index >= 15 is 0 Å². The molecule has 0 spiro atoms. The minimum absolute atomic E-state index is 0.686. The van der Waals surface area contributed by atoms with Gasteiger partial charge in [0.15, 0.2) is 0 Å². The van der Waals surface area contributed by atoms with Gasteiger partial charge in [-0.25, -0.2) is 4.89 Å². The fourth-order valence-electron chi connectivity index (χ4n) is 2.67. The molecule has 0 unspecified atom stereocenters. The highest BCUT2D eigenvalue weighted by Gasteiger charge is 2.20. The average molecular weight is 312 g/mol. The van der Waals surface area contributed by atoms with Crippen molar-refractivity contribution in [1.29, 1.82) is 0 Å². The quantitative estimate of drug-likeness (QED) is 0.274. The maximum atomic E-state index is 5.86. The Morgan fingerprint density at radius 1 is 1.29 bits per heavy atom. The Morgan fingerprint density at radius 2 is 2.05 bits per heavy atom. The molecular formula is C15H24N2O3S. The highest BCUT2D eigenvalue weighted by atomic mass is 32.2. The number of nitrogens with zero attached hydrogens (tertiary/aromatic N) is 1. The van der Waals surface area contributed by atoms with Crippen LogP contribution in [-0.2, 0) is 9.22 Å². The summed E-state index contributed by atoms with van der Waals surface area (Å²) >= 11 is 1.38. The molecule has 1 aromatic carbocycles. The molecular weight excluding hydrogens is 288 g/mol. The highest BCUT2D eigenvalue weighted by molar-refractivity contribution is 7.94. The number of hydrogen-bond donors (Lipinski definition) is 1. The van der Waals surface area contributed by atoms with E-state index in [0.717, 1.165) is 30.5 Å². The van der Waals surface area contributed by atoms with E-state index < -0.39 is 0 Å². The van der Waals surface area contributed by atoms with Crippen molar-refractivity contribution in [2.24, 2.45) is 5.92 Å². The number of rotatable bonds is 7. The minimum atomic E-state index is 0.686. The van der Waals surface area contributed by atoms with Crippen LogP contribution in [0.1, 0.15) is 19.3 Å². The van der Waals surface area contributed by atoms with E-state index in [0.29, 0.717) is 5.69 Å². The van der Waals surface area contributed by atoms with Crippen molar-refractivity contribution in [3.8, 4) is 5.75 Å². The summed E-state index contributed by atoms with van der Waals surface area (Å²) in [5.41, 5.74) is 7.74. The Labute approximate surface area is 130 Å². The molecule has 1 aromatic rings. The average Bonchev–Trinajstić information content (AvgIpc) is 2.53. The lowest BCUT2D eigenvalue weighted by atomic mass is 9.94. The monoisotopic (exact) mass is 312 g/mol. The molecule has 1 saturated heterocycles. The summed E-state index contributed by atoms with van der Waals surface area (Å²) < 4.78 is 10.1. The molecule has 21 heavy (non-hydrogen) atoms. The lowest BCUT2D eigenvalue weighted by Crippen LogP contribution is -2.33. The Kier molecular flexibility index (Phi) is 6.48. The fourth-order valence-corrected chi connectivity index (χ4v) is 3.27. The third-order valence-corrected chi connectivity index (χ3v) is 4.56. The first-order valence-electron chi connectivity index (χ1n) is 7.25. The van der Waals surface area contributed by atoms with Gasteiger partial charge in [0.25, 0.3) is 0 Å². The number of hydrogen-bond acceptors (Lipinski definition) is 6. The first kappa shape index (κ1) is 16.3. The van der Waals surface area contributed by atoms with Crippen LogP contribution in [0.5, 0.6) is 5.75 Å². The van der Waals surface area contributed by atoms with Crippen LogP contribution < -0.4 is 15.4 Å². The van der Waals surface area contributed by atoms with Gasteiger partial charge >= 0.3 is 0 Å². The van der Waals surface area contributed by atoms with Gasteiger partial charge in [0, 0.05) is 42.6 Å². The summed E-state index contributed by atoms with van der Waals surface area (Å²) in [6.45, 7) is 2.15. The zero-order valence-corrected chi connectivity index (χ0v) is 13.5. The smallest absolute Gasteiger partial charge is 0.143 e. The second-order valence-electron chi connectivity index (χ2n) is 5.20. The van der Waals surface area contributed by atoms with Crippen LogP contribution in [0.4, 0.5) is 11.4 Å². The predicted octanol–water partition coefficient (Wildman–Crippen LogP) is 3.11. The van der Waals surface area contributed by atoms with Gasteiger partial charge in [0.1, 0.15) is 5.75 Å². The van der Waals surface area contributed by atoms with Gasteiger partial charge in [-0.2, -0.15) is 4.33 Å². The van der Waals surface area contributed by atoms with Crippen LogP contribution in [0, 0.1) is 5.92 Å². The zero-order valence-electron chi connectivity index (χ0n) is 12.7. The molecule has 0 radical (unpaired) electrons. The number of benzene rings is 1. The number of nitrogen functional groups attached to an aromatic ring is 1. The van der Waals surface area contributed by atoms with Crippen LogP contribution >= 0.6 is 12.0 Å². The van der Waals surface area contributed by atoms with Crippen molar-refractivity contribution in [3.63, 3.8) is 0 Å². The summed E-state index contributed by atoms with van der Waals surface area (Å²) in [4.78, 5) is 6.97. The number of piperidine rings is 1. The van der Waals surface area contributed by atoms with E-state index in [2.05, 4.69) is 15.9 Å². The SMILES string of the molecule is COOSCCC1CCN(c2ccc(N)c(OC)c2)CC1. The van der Waals surface area contributed by atoms with Gasteiger partial charge in [-0.1, -0.05) is 0 Å². The summed E-state index contributed by atoms with van der Waals surface area (Å²) in [7, 11) is 3.19. The van der Waals surface area contributed by atoms with E-state index in [9.17, 15) is 0 Å². The van der Waals surface area contributed by atoms with Crippen LogP contribution in [-0.4, -0.2) is 33.1 Å². The second kappa shape index (κ2) is 8.36. The summed E-state index contributed by atoms with van der Waals surface area (Å²) in [6.07, 6.45) is 3.59. The molecule has 118 valence electrons. The fraction of sp³-hybridized carbons (Fsp3) is 0.600. The molecule has 0 aliphatic carbocycles. The summed E-state index contributed by atoms with van der Waals surface area (Å²) in [5, 5.41) is 0. The lowest BCUT2D eigenvalue weighted by molar-refractivity contribution is -0.160. The molecule has 0 bridgehead atoms. The maximum absolute atomic E-state index is 5.86. The third kappa shape index (κ3) is 4.69. The maximum Gasteiger partial charge on any atom is 0.143 e. The Morgan fingerprint density at radius 3 is 2.71 bits per heavy atom. The molecule has 5 nitrogen and oxygen atoms in total. The Balaban J connectivity index is 1.81.